The maximum Gasteiger partial charge on any atom is 0.239 e. The average Bonchev–Trinajstić information content (AvgIpc) is 2.80. The molecule has 0 saturated carbocycles. The first-order valence-electron chi connectivity index (χ1n) is 7.05. The molecule has 0 unspecified atom stereocenters. The molecule has 1 aromatic heterocycles. The summed E-state index contributed by atoms with van der Waals surface area (Å²) in [6.45, 7) is 5.38. The zero-order valence-electron chi connectivity index (χ0n) is 12.1. The molecule has 0 aliphatic carbocycles. The molecule has 0 aliphatic heterocycles. The minimum atomic E-state index is 0.0365. The fourth-order valence-electron chi connectivity index (χ4n) is 2.20. The number of hydrogen-bond donors (Lipinski definition) is 2. The lowest BCUT2D eigenvalue weighted by Crippen LogP contribution is -2.28. The fraction of sp³-hybridized carbons (Fsp3) is 0.438. The molecule has 0 atom stereocenters. The van der Waals surface area contributed by atoms with Gasteiger partial charge in [0.2, 0.25) is 5.91 Å². The highest BCUT2D eigenvalue weighted by Crippen LogP contribution is 2.17. The lowest BCUT2D eigenvalue weighted by molar-refractivity contribution is -0.121. The smallest absolute Gasteiger partial charge is 0.239 e. The van der Waals surface area contributed by atoms with E-state index in [4.69, 9.17) is 5.11 Å². The Kier molecular flexibility index (Phi) is 4.79. The summed E-state index contributed by atoms with van der Waals surface area (Å²) in [5.41, 5.74) is 1.90. The molecule has 0 saturated heterocycles. The number of aromatic nitrogens is 1. The Labute approximate surface area is 119 Å². The Morgan fingerprint density at radius 3 is 2.85 bits per heavy atom. The molecule has 0 spiro atoms. The van der Waals surface area contributed by atoms with Gasteiger partial charge in [-0.2, -0.15) is 0 Å². The first-order valence-corrected chi connectivity index (χ1v) is 7.05. The van der Waals surface area contributed by atoms with E-state index < -0.39 is 0 Å². The van der Waals surface area contributed by atoms with Gasteiger partial charge in [0.15, 0.2) is 0 Å². The van der Waals surface area contributed by atoms with E-state index in [1.807, 2.05) is 35.0 Å². The molecule has 108 valence electrons. The van der Waals surface area contributed by atoms with Gasteiger partial charge >= 0.3 is 0 Å². The number of aliphatic hydroxyl groups excluding tert-OH is 1. The van der Waals surface area contributed by atoms with E-state index in [0.717, 1.165) is 29.4 Å². The van der Waals surface area contributed by atoms with Gasteiger partial charge in [-0.25, -0.2) is 0 Å². The SMILES string of the molecule is CC(C)CCNC(=O)Cn1ccc2cc(CO)ccc21. The average molecular weight is 274 g/mol. The maximum atomic E-state index is 11.9. The molecule has 0 fully saturated rings. The summed E-state index contributed by atoms with van der Waals surface area (Å²) in [6, 6.07) is 7.75. The number of fused-ring (bicyclic) bond motifs is 1. The Morgan fingerprint density at radius 1 is 1.35 bits per heavy atom. The van der Waals surface area contributed by atoms with Crippen molar-refractivity contribution >= 4 is 16.8 Å². The van der Waals surface area contributed by atoms with Crippen LogP contribution in [0.1, 0.15) is 25.8 Å². The van der Waals surface area contributed by atoms with Gasteiger partial charge in [-0.15, -0.1) is 0 Å². The highest BCUT2D eigenvalue weighted by molar-refractivity contribution is 5.83. The third-order valence-electron chi connectivity index (χ3n) is 3.38. The minimum absolute atomic E-state index is 0.0365. The third kappa shape index (κ3) is 3.61. The lowest BCUT2D eigenvalue weighted by Gasteiger charge is -2.09. The molecule has 2 aromatic rings. The zero-order chi connectivity index (χ0) is 14.5. The van der Waals surface area contributed by atoms with E-state index >= 15 is 0 Å². The molecule has 20 heavy (non-hydrogen) atoms. The van der Waals surface area contributed by atoms with Crippen molar-refractivity contribution in [3.63, 3.8) is 0 Å². The van der Waals surface area contributed by atoms with Crippen molar-refractivity contribution in [2.45, 2.75) is 33.4 Å². The number of amides is 1. The van der Waals surface area contributed by atoms with Crippen LogP contribution in [0.2, 0.25) is 0 Å². The molecule has 1 aromatic carbocycles. The van der Waals surface area contributed by atoms with Crippen molar-refractivity contribution in [3.8, 4) is 0 Å². The summed E-state index contributed by atoms with van der Waals surface area (Å²) in [7, 11) is 0. The normalized spacial score (nSPS) is 11.2. The van der Waals surface area contributed by atoms with Crippen molar-refractivity contribution in [3.05, 3.63) is 36.0 Å². The van der Waals surface area contributed by atoms with Gasteiger partial charge in [0, 0.05) is 18.3 Å². The molecule has 0 radical (unpaired) electrons. The highest BCUT2D eigenvalue weighted by Gasteiger charge is 2.06. The van der Waals surface area contributed by atoms with Gasteiger partial charge in [0.05, 0.1) is 6.61 Å². The Balaban J connectivity index is 2.01. The van der Waals surface area contributed by atoms with Crippen molar-refractivity contribution in [2.75, 3.05) is 6.54 Å². The molecule has 4 nitrogen and oxygen atoms in total. The minimum Gasteiger partial charge on any atom is -0.392 e. The summed E-state index contributed by atoms with van der Waals surface area (Å²) >= 11 is 0. The van der Waals surface area contributed by atoms with Gasteiger partial charge < -0.3 is 15.0 Å². The molecule has 4 heteroatoms. The van der Waals surface area contributed by atoms with E-state index in [1.165, 1.54) is 0 Å². The predicted octanol–water partition coefficient (Wildman–Crippen LogP) is 2.30. The van der Waals surface area contributed by atoms with Crippen LogP contribution in [0.15, 0.2) is 30.5 Å². The van der Waals surface area contributed by atoms with Crippen LogP contribution in [-0.2, 0) is 17.9 Å². The molecule has 2 N–H and O–H groups in total. The monoisotopic (exact) mass is 274 g/mol. The van der Waals surface area contributed by atoms with Crippen LogP contribution in [0.3, 0.4) is 0 Å². The first kappa shape index (κ1) is 14.6. The highest BCUT2D eigenvalue weighted by atomic mass is 16.3. The van der Waals surface area contributed by atoms with E-state index in [9.17, 15) is 4.79 Å². The third-order valence-corrected chi connectivity index (χ3v) is 3.38. The van der Waals surface area contributed by atoms with Gasteiger partial charge in [-0.1, -0.05) is 19.9 Å². The Morgan fingerprint density at radius 2 is 2.15 bits per heavy atom. The summed E-state index contributed by atoms with van der Waals surface area (Å²) in [5.74, 6) is 0.633. The van der Waals surface area contributed by atoms with E-state index in [0.29, 0.717) is 12.5 Å². The number of nitrogens with one attached hydrogen (secondary N) is 1. The number of carbonyl (C=O) groups is 1. The van der Waals surface area contributed by atoms with E-state index in [2.05, 4.69) is 19.2 Å². The molecular formula is C16H22N2O2. The molecule has 1 amide bonds. The van der Waals surface area contributed by atoms with Crippen molar-refractivity contribution in [2.24, 2.45) is 5.92 Å². The van der Waals surface area contributed by atoms with Crippen LogP contribution in [0.5, 0.6) is 0 Å². The molecular weight excluding hydrogens is 252 g/mol. The van der Waals surface area contributed by atoms with Crippen molar-refractivity contribution in [1.29, 1.82) is 0 Å². The second kappa shape index (κ2) is 6.57. The standard InChI is InChI=1S/C16H22N2O2/c1-12(2)5-7-17-16(20)10-18-8-6-14-9-13(11-19)3-4-15(14)18/h3-4,6,8-9,12,19H,5,7,10-11H2,1-2H3,(H,17,20). The van der Waals surface area contributed by atoms with Crippen LogP contribution in [-0.4, -0.2) is 22.1 Å². The molecule has 0 bridgehead atoms. The number of rotatable bonds is 6. The van der Waals surface area contributed by atoms with E-state index in [1.54, 1.807) is 0 Å². The summed E-state index contributed by atoms with van der Waals surface area (Å²) in [4.78, 5) is 11.9. The van der Waals surface area contributed by atoms with Crippen LogP contribution in [0.25, 0.3) is 10.9 Å². The van der Waals surface area contributed by atoms with Crippen LogP contribution in [0, 0.1) is 5.92 Å². The summed E-state index contributed by atoms with van der Waals surface area (Å²) < 4.78 is 1.93. The van der Waals surface area contributed by atoms with Gasteiger partial charge in [-0.3, -0.25) is 4.79 Å². The first-order chi connectivity index (χ1) is 9.60. The van der Waals surface area contributed by atoms with Gasteiger partial charge in [-0.05, 0) is 41.5 Å². The maximum absolute atomic E-state index is 11.9. The van der Waals surface area contributed by atoms with Crippen molar-refractivity contribution in [1.82, 2.24) is 9.88 Å². The Bertz CT molecular complexity index is 587. The largest absolute Gasteiger partial charge is 0.392 e. The second-order valence-corrected chi connectivity index (χ2v) is 5.53. The van der Waals surface area contributed by atoms with Crippen LogP contribution >= 0.6 is 0 Å². The van der Waals surface area contributed by atoms with Gasteiger partial charge in [0.25, 0.3) is 0 Å². The molecule has 0 aliphatic rings. The molecule has 1 heterocycles. The summed E-state index contributed by atoms with van der Waals surface area (Å²) in [6.07, 6.45) is 2.91. The van der Waals surface area contributed by atoms with E-state index in [-0.39, 0.29) is 12.5 Å². The Hall–Kier alpha value is -1.81. The summed E-state index contributed by atoms with van der Waals surface area (Å²) in [5, 5.41) is 13.1. The zero-order valence-corrected chi connectivity index (χ0v) is 12.1. The topological polar surface area (TPSA) is 54.3 Å². The number of nitrogens with zero attached hydrogens (tertiary/aromatic N) is 1. The fourth-order valence-corrected chi connectivity index (χ4v) is 2.20. The second-order valence-electron chi connectivity index (χ2n) is 5.53. The van der Waals surface area contributed by atoms with Crippen LogP contribution < -0.4 is 5.32 Å². The van der Waals surface area contributed by atoms with Crippen LogP contribution in [0.4, 0.5) is 0 Å². The number of carbonyl (C=O) groups excluding carboxylic acids is 1. The predicted molar refractivity (Wildman–Crippen MR) is 80.3 cm³/mol. The van der Waals surface area contributed by atoms with Gasteiger partial charge in [0.1, 0.15) is 6.54 Å². The lowest BCUT2D eigenvalue weighted by atomic mass is 10.1. The van der Waals surface area contributed by atoms with Crippen molar-refractivity contribution < 1.29 is 9.90 Å². The molecule has 2 rings (SSSR count). The number of aliphatic hydroxyl groups is 1. The quantitative estimate of drug-likeness (QED) is 0.849. The number of benzene rings is 1. The number of hydrogen-bond acceptors (Lipinski definition) is 2.